The van der Waals surface area contributed by atoms with E-state index in [1.807, 2.05) is 21.5 Å². The lowest BCUT2D eigenvalue weighted by Crippen LogP contribution is -2.08. The van der Waals surface area contributed by atoms with E-state index in [4.69, 9.17) is 29.2 Å². The zero-order valence-electron chi connectivity index (χ0n) is 20.2. The molecule has 0 radical (unpaired) electrons. The zero-order valence-corrected chi connectivity index (χ0v) is 29.8. The summed E-state index contributed by atoms with van der Waals surface area (Å²) in [4.78, 5) is 22.3. The largest absolute Gasteiger partial charge is 0.491 e. The van der Waals surface area contributed by atoms with Crippen molar-refractivity contribution in [1.29, 1.82) is 0 Å². The van der Waals surface area contributed by atoms with Gasteiger partial charge in [-0.2, -0.15) is 0 Å². The van der Waals surface area contributed by atoms with E-state index < -0.39 is 11.9 Å². The van der Waals surface area contributed by atoms with Gasteiger partial charge in [-0.25, -0.2) is 9.59 Å². The van der Waals surface area contributed by atoms with Gasteiger partial charge in [-0.15, -0.1) is 45.3 Å². The summed E-state index contributed by atoms with van der Waals surface area (Å²) in [5, 5.41) is 29.4. The van der Waals surface area contributed by atoms with E-state index in [1.54, 1.807) is 33.4 Å². The summed E-state index contributed by atoms with van der Waals surface area (Å²) in [6.07, 6.45) is 1.34. The molecule has 4 rings (SSSR count). The van der Waals surface area contributed by atoms with Crippen molar-refractivity contribution in [3.05, 3.63) is 59.9 Å². The maximum Gasteiger partial charge on any atom is 0.349 e. The van der Waals surface area contributed by atoms with Gasteiger partial charge in [0, 0.05) is 45.1 Å². The molecule has 40 heavy (non-hydrogen) atoms. The Morgan fingerprint density at radius 1 is 0.575 bits per heavy atom. The van der Waals surface area contributed by atoms with E-state index in [-0.39, 0.29) is 23.0 Å². The maximum absolute atomic E-state index is 11.0. The molecule has 0 saturated heterocycles. The first-order valence-electron chi connectivity index (χ1n) is 11.1. The minimum absolute atomic E-state index is 0.131. The Kier molecular flexibility index (Phi) is 14.3. The van der Waals surface area contributed by atoms with E-state index >= 15 is 0 Å². The van der Waals surface area contributed by atoms with Crippen molar-refractivity contribution in [2.45, 2.75) is 12.8 Å². The predicted molar refractivity (Wildman–Crippen MR) is 173 cm³/mol. The van der Waals surface area contributed by atoms with Crippen LogP contribution in [-0.2, 0) is 0 Å². The molecule has 16 heteroatoms. The second-order valence-corrected chi connectivity index (χ2v) is 14.0. The molecule has 0 saturated carbocycles. The molecule has 2 N–H and O–H groups in total. The minimum atomic E-state index is -1.04. The number of carboxylic acids is 2. The molecule has 216 valence electrons. The Morgan fingerprint density at radius 2 is 0.950 bits per heavy atom. The Bertz CT molecular complexity index is 1290. The molecule has 0 fully saturated rings. The topological polar surface area (TPSA) is 112 Å². The molecule has 8 nitrogen and oxygen atoms in total. The molecule has 0 bridgehead atoms. The molecule has 0 spiro atoms. The number of ether oxygens (including phenoxy) is 4. The Morgan fingerprint density at radius 3 is 1.27 bits per heavy atom. The van der Waals surface area contributed by atoms with Crippen molar-refractivity contribution in [3.63, 3.8) is 0 Å². The highest BCUT2D eigenvalue weighted by Crippen LogP contribution is 2.36. The monoisotopic (exact) mass is 880 g/mol. The van der Waals surface area contributed by atoms with Crippen LogP contribution in [-0.4, -0.2) is 48.6 Å². The number of aromatic carboxylic acids is 2. The molecule has 0 aliphatic heterocycles. The Hall–Kier alpha value is -1.14. The summed E-state index contributed by atoms with van der Waals surface area (Å²) in [6.45, 7) is 1.83. The second kappa shape index (κ2) is 17.1. The van der Waals surface area contributed by atoms with Crippen LogP contribution in [0, 0.1) is 0 Å². The summed E-state index contributed by atoms with van der Waals surface area (Å²) in [7, 11) is 0. The van der Waals surface area contributed by atoms with Gasteiger partial charge in [0.05, 0.1) is 44.3 Å². The maximum atomic E-state index is 11.0. The number of rotatable bonds is 14. The quantitative estimate of drug-likeness (QED) is 0.121. The van der Waals surface area contributed by atoms with Crippen LogP contribution in [0.2, 0.25) is 0 Å². The lowest BCUT2D eigenvalue weighted by molar-refractivity contribution is 0.0687. The number of hydrogen-bond acceptors (Lipinski definition) is 10. The normalized spacial score (nSPS) is 10.5. The van der Waals surface area contributed by atoms with Gasteiger partial charge in [0.15, 0.2) is 21.3 Å². The van der Waals surface area contributed by atoms with Crippen LogP contribution in [0.15, 0.2) is 50.2 Å². The lowest BCUT2D eigenvalue weighted by atomic mass is 10.4. The number of halogens is 4. The first-order valence-corrected chi connectivity index (χ1v) is 18.0. The van der Waals surface area contributed by atoms with Crippen molar-refractivity contribution in [3.8, 4) is 23.0 Å². The molecule has 4 heterocycles. The number of carboxylic acid groups (broad SMARTS) is 2. The highest BCUT2D eigenvalue weighted by molar-refractivity contribution is 9.11. The van der Waals surface area contributed by atoms with E-state index in [0.717, 1.165) is 49.5 Å². The van der Waals surface area contributed by atoms with E-state index in [2.05, 4.69) is 63.7 Å². The molecule has 4 aromatic rings. The molecule has 4 aromatic heterocycles. The summed E-state index contributed by atoms with van der Waals surface area (Å²) < 4.78 is 25.4. The second-order valence-electron chi connectivity index (χ2n) is 7.36. The fourth-order valence-corrected chi connectivity index (χ4v) is 8.30. The summed E-state index contributed by atoms with van der Waals surface area (Å²) >= 11 is 18.7. The van der Waals surface area contributed by atoms with Gasteiger partial charge >= 0.3 is 11.9 Å². The van der Waals surface area contributed by atoms with E-state index in [9.17, 15) is 9.59 Å². The van der Waals surface area contributed by atoms with Gasteiger partial charge in [-0.3, -0.25) is 0 Å². The van der Waals surface area contributed by atoms with Crippen LogP contribution < -0.4 is 18.9 Å². The minimum Gasteiger partial charge on any atom is -0.491 e. The highest BCUT2D eigenvalue weighted by atomic mass is 79.9. The van der Waals surface area contributed by atoms with Crippen molar-refractivity contribution in [1.82, 2.24) is 0 Å². The van der Waals surface area contributed by atoms with Crippen molar-refractivity contribution < 1.29 is 38.7 Å². The number of thiophene rings is 4. The SMILES string of the molecule is Brc1cscc1OCCCOc1cscc1Br.O=C(O)c1scc(Br)c1OCCCOc1c(Br)csc1C(=O)O. The van der Waals surface area contributed by atoms with Crippen molar-refractivity contribution in [2.24, 2.45) is 0 Å². The van der Waals surface area contributed by atoms with Crippen LogP contribution in [0.4, 0.5) is 0 Å². The van der Waals surface area contributed by atoms with E-state index in [1.165, 1.54) is 0 Å². The standard InChI is InChI=1S/C13H10Br2O6S2.C11H10Br2O2S2/c14-6-4-22-10(12(16)17)8(6)20-2-1-3-21-9-7(15)5-23-11(9)13(18)19;12-8-4-16-6-10(8)14-2-1-3-15-11-7-17-5-9(11)13/h4-5H,1-3H2,(H,16,17)(H,18,19);4-7H,1-3H2. The summed E-state index contributed by atoms with van der Waals surface area (Å²) in [5.41, 5.74) is 0. The Labute approximate surface area is 279 Å². The smallest absolute Gasteiger partial charge is 0.349 e. The lowest BCUT2D eigenvalue weighted by Gasteiger charge is -2.08. The average Bonchev–Trinajstić information content (AvgIpc) is 3.69. The van der Waals surface area contributed by atoms with Gasteiger partial charge < -0.3 is 29.2 Å². The van der Waals surface area contributed by atoms with Gasteiger partial charge in [0.2, 0.25) is 0 Å². The van der Waals surface area contributed by atoms with Crippen LogP contribution in [0.5, 0.6) is 23.0 Å². The fourth-order valence-electron chi connectivity index (χ4n) is 2.79. The van der Waals surface area contributed by atoms with Gasteiger partial charge in [0.25, 0.3) is 0 Å². The van der Waals surface area contributed by atoms with Crippen LogP contribution in [0.3, 0.4) is 0 Å². The van der Waals surface area contributed by atoms with Crippen LogP contribution in [0.1, 0.15) is 32.2 Å². The summed E-state index contributed by atoms with van der Waals surface area (Å²) in [6, 6.07) is 0. The molecule has 0 unspecified atom stereocenters. The van der Waals surface area contributed by atoms with Crippen LogP contribution >= 0.6 is 109 Å². The van der Waals surface area contributed by atoms with Gasteiger partial charge in [0.1, 0.15) is 11.5 Å². The average molecular weight is 884 g/mol. The number of carbonyl (C=O) groups is 2. The summed E-state index contributed by atoms with van der Waals surface area (Å²) in [5.74, 6) is 0.329. The van der Waals surface area contributed by atoms with Crippen LogP contribution in [0.25, 0.3) is 0 Å². The molecule has 0 aliphatic carbocycles. The van der Waals surface area contributed by atoms with Crippen molar-refractivity contribution >= 4 is 121 Å². The molecule has 0 atom stereocenters. The molecular weight excluding hydrogens is 864 g/mol. The highest BCUT2D eigenvalue weighted by Gasteiger charge is 2.19. The van der Waals surface area contributed by atoms with E-state index in [0.29, 0.717) is 40.1 Å². The molecular formula is C24H20Br4O8S4. The third-order valence-electron chi connectivity index (χ3n) is 4.54. The predicted octanol–water partition coefficient (Wildman–Crippen LogP) is 9.76. The number of hydrogen-bond donors (Lipinski definition) is 2. The third kappa shape index (κ3) is 10.00. The molecule has 0 aliphatic rings. The first kappa shape index (κ1) is 33.4. The van der Waals surface area contributed by atoms with Gasteiger partial charge in [-0.1, -0.05) is 0 Å². The third-order valence-corrected chi connectivity index (χ3v) is 11.5. The zero-order chi connectivity index (χ0) is 29.1. The first-order chi connectivity index (χ1) is 19.2. The van der Waals surface area contributed by atoms with Gasteiger partial charge in [-0.05, 0) is 63.7 Å². The Balaban J connectivity index is 0.000000230. The van der Waals surface area contributed by atoms with Crippen molar-refractivity contribution in [2.75, 3.05) is 26.4 Å². The molecule has 0 aromatic carbocycles. The fraction of sp³-hybridized carbons (Fsp3) is 0.250. The molecule has 0 amide bonds.